The van der Waals surface area contributed by atoms with Crippen molar-refractivity contribution >= 4 is 5.91 Å². The van der Waals surface area contributed by atoms with Gasteiger partial charge < -0.3 is 10.8 Å². The average Bonchev–Trinajstić information content (AvgIpc) is 3.10. The number of amides is 1. The molecule has 6 nitrogen and oxygen atoms in total. The van der Waals surface area contributed by atoms with Crippen LogP contribution in [0, 0.1) is 5.82 Å². The Bertz CT molecular complexity index is 766. The molecule has 0 spiro atoms. The van der Waals surface area contributed by atoms with Gasteiger partial charge in [0, 0.05) is 31.4 Å². The molecule has 0 unspecified atom stereocenters. The first-order chi connectivity index (χ1) is 11.9. The van der Waals surface area contributed by atoms with E-state index in [2.05, 4.69) is 16.9 Å². The Morgan fingerprint density at radius 3 is 2.72 bits per heavy atom. The van der Waals surface area contributed by atoms with Crippen LogP contribution in [0.1, 0.15) is 42.1 Å². The first-order valence-electron chi connectivity index (χ1n) is 8.48. The van der Waals surface area contributed by atoms with E-state index in [4.69, 9.17) is 5.73 Å². The number of piperidine rings is 1. The van der Waals surface area contributed by atoms with Gasteiger partial charge in [-0.1, -0.05) is 6.92 Å². The van der Waals surface area contributed by atoms with Crippen LogP contribution in [0.25, 0.3) is 0 Å². The fraction of sp³-hybridized carbons (Fsp3) is 0.444. The summed E-state index contributed by atoms with van der Waals surface area (Å²) in [5.41, 5.74) is 6.08. The van der Waals surface area contributed by atoms with Gasteiger partial charge in [-0.3, -0.25) is 14.4 Å². The summed E-state index contributed by atoms with van der Waals surface area (Å²) in [4.78, 5) is 13.5. The lowest BCUT2D eigenvalue weighted by molar-refractivity contribution is 0.0898. The normalized spacial score (nSPS) is 17.5. The molecule has 1 aromatic heterocycles. The van der Waals surface area contributed by atoms with Crippen molar-refractivity contribution in [2.45, 2.75) is 38.3 Å². The lowest BCUT2D eigenvalue weighted by Gasteiger charge is -2.41. The van der Waals surface area contributed by atoms with Crippen molar-refractivity contribution in [3.63, 3.8) is 0 Å². The largest absolute Gasteiger partial charge is 0.508 e. The van der Waals surface area contributed by atoms with Gasteiger partial charge in [-0.05, 0) is 37.5 Å². The van der Waals surface area contributed by atoms with Crippen molar-refractivity contribution in [2.24, 2.45) is 5.73 Å². The molecule has 0 radical (unpaired) electrons. The van der Waals surface area contributed by atoms with Crippen LogP contribution in [0.4, 0.5) is 4.39 Å². The van der Waals surface area contributed by atoms with E-state index in [0.29, 0.717) is 17.7 Å². The number of nitrogens with two attached hydrogens (primary N) is 1. The predicted molar refractivity (Wildman–Crippen MR) is 91.6 cm³/mol. The first kappa shape index (κ1) is 17.4. The van der Waals surface area contributed by atoms with E-state index in [9.17, 15) is 14.3 Å². The standard InChI is InChI=1S/C18H23FN4O2/c1-2-18(23-12-14(10-21-23)17(20)25)5-7-22(8-6-18)11-13-9-15(24)3-4-16(13)19/h3-4,9-10,12,24H,2,5-8,11H2,1H3,(H2,20,25). The number of primary amides is 1. The van der Waals surface area contributed by atoms with Crippen LogP contribution in [0.5, 0.6) is 5.75 Å². The van der Waals surface area contributed by atoms with Crippen LogP contribution in [-0.4, -0.2) is 38.8 Å². The van der Waals surface area contributed by atoms with Gasteiger partial charge in [0.1, 0.15) is 11.6 Å². The summed E-state index contributed by atoms with van der Waals surface area (Å²) in [5, 5.41) is 13.9. The Kier molecular flexibility index (Phi) is 4.76. The number of carbonyl (C=O) groups is 1. The highest BCUT2D eigenvalue weighted by Gasteiger charge is 2.35. The molecule has 134 valence electrons. The van der Waals surface area contributed by atoms with Gasteiger partial charge in [0.05, 0.1) is 17.3 Å². The molecule has 7 heteroatoms. The minimum atomic E-state index is -0.478. The second-order valence-electron chi connectivity index (χ2n) is 6.67. The highest BCUT2D eigenvalue weighted by molar-refractivity contribution is 5.92. The summed E-state index contributed by atoms with van der Waals surface area (Å²) in [5.74, 6) is -0.704. The molecule has 25 heavy (non-hydrogen) atoms. The number of hydrogen-bond donors (Lipinski definition) is 2. The summed E-state index contributed by atoms with van der Waals surface area (Å²) in [6.07, 6.45) is 5.82. The minimum absolute atomic E-state index is 0.0758. The molecule has 0 aliphatic carbocycles. The Balaban J connectivity index is 1.70. The van der Waals surface area contributed by atoms with Gasteiger partial charge in [0.15, 0.2) is 0 Å². The van der Waals surface area contributed by atoms with Crippen molar-refractivity contribution in [1.29, 1.82) is 0 Å². The third-order valence-electron chi connectivity index (χ3n) is 5.22. The van der Waals surface area contributed by atoms with E-state index in [0.717, 1.165) is 32.4 Å². The van der Waals surface area contributed by atoms with Crippen LogP contribution in [0.3, 0.4) is 0 Å². The van der Waals surface area contributed by atoms with Crippen LogP contribution >= 0.6 is 0 Å². The molecule has 1 aliphatic rings. The summed E-state index contributed by atoms with van der Waals surface area (Å²) < 4.78 is 15.8. The average molecular weight is 346 g/mol. The molecule has 0 saturated carbocycles. The van der Waals surface area contributed by atoms with Crippen molar-refractivity contribution in [3.8, 4) is 5.75 Å². The molecule has 0 bridgehead atoms. The highest BCUT2D eigenvalue weighted by atomic mass is 19.1. The van der Waals surface area contributed by atoms with E-state index < -0.39 is 5.91 Å². The molecule has 1 fully saturated rings. The van der Waals surface area contributed by atoms with E-state index in [1.54, 1.807) is 6.20 Å². The number of nitrogens with zero attached hydrogens (tertiary/aromatic N) is 3. The zero-order valence-electron chi connectivity index (χ0n) is 14.3. The third kappa shape index (κ3) is 3.51. The maximum Gasteiger partial charge on any atom is 0.251 e. The van der Waals surface area contributed by atoms with E-state index >= 15 is 0 Å². The van der Waals surface area contributed by atoms with Crippen LogP contribution in [-0.2, 0) is 12.1 Å². The Hall–Kier alpha value is -2.41. The number of likely N-dealkylation sites (tertiary alicyclic amines) is 1. The maximum absolute atomic E-state index is 13.9. The Morgan fingerprint density at radius 1 is 1.40 bits per heavy atom. The third-order valence-corrected chi connectivity index (χ3v) is 5.22. The van der Waals surface area contributed by atoms with E-state index in [1.807, 2.05) is 4.68 Å². The molecule has 2 heterocycles. The van der Waals surface area contributed by atoms with Gasteiger partial charge in [0.2, 0.25) is 0 Å². The molecule has 1 aromatic carbocycles. The van der Waals surface area contributed by atoms with Crippen LogP contribution in [0.15, 0.2) is 30.6 Å². The van der Waals surface area contributed by atoms with Crippen LogP contribution < -0.4 is 5.73 Å². The number of phenols is 1. The van der Waals surface area contributed by atoms with Crippen LogP contribution in [0.2, 0.25) is 0 Å². The van der Waals surface area contributed by atoms with Crippen molar-refractivity contribution < 1.29 is 14.3 Å². The number of phenolic OH excluding ortho intramolecular Hbond substituents is 1. The smallest absolute Gasteiger partial charge is 0.251 e. The van der Waals surface area contributed by atoms with Gasteiger partial charge in [0.25, 0.3) is 5.91 Å². The second-order valence-corrected chi connectivity index (χ2v) is 6.67. The number of aromatic hydroxyl groups is 1. The first-order valence-corrected chi connectivity index (χ1v) is 8.48. The molecular formula is C18H23FN4O2. The molecule has 1 saturated heterocycles. The topological polar surface area (TPSA) is 84.4 Å². The fourth-order valence-corrected chi connectivity index (χ4v) is 3.50. The number of aromatic nitrogens is 2. The van der Waals surface area contributed by atoms with Gasteiger partial charge in [-0.25, -0.2) is 4.39 Å². The van der Waals surface area contributed by atoms with Crippen molar-refractivity contribution in [1.82, 2.24) is 14.7 Å². The summed E-state index contributed by atoms with van der Waals surface area (Å²) >= 11 is 0. The van der Waals surface area contributed by atoms with Crippen molar-refractivity contribution in [3.05, 3.63) is 47.5 Å². The molecule has 0 atom stereocenters. The minimum Gasteiger partial charge on any atom is -0.508 e. The van der Waals surface area contributed by atoms with E-state index in [-0.39, 0.29) is 17.1 Å². The zero-order valence-corrected chi connectivity index (χ0v) is 14.3. The summed E-state index contributed by atoms with van der Waals surface area (Å²) in [7, 11) is 0. The monoisotopic (exact) mass is 346 g/mol. The molecule has 1 aliphatic heterocycles. The number of hydrogen-bond acceptors (Lipinski definition) is 4. The molecule has 2 aromatic rings. The predicted octanol–water partition coefficient (Wildman–Crippen LogP) is 2.23. The van der Waals surface area contributed by atoms with Crippen molar-refractivity contribution in [2.75, 3.05) is 13.1 Å². The maximum atomic E-state index is 13.9. The summed E-state index contributed by atoms with van der Waals surface area (Å²) in [6.45, 7) is 4.14. The highest BCUT2D eigenvalue weighted by Crippen LogP contribution is 2.34. The quantitative estimate of drug-likeness (QED) is 0.869. The molecule has 3 rings (SSSR count). The molecule has 1 amide bonds. The lowest BCUT2D eigenvalue weighted by atomic mass is 9.85. The van der Waals surface area contributed by atoms with Gasteiger partial charge in [-0.2, -0.15) is 5.10 Å². The van der Waals surface area contributed by atoms with E-state index in [1.165, 1.54) is 24.4 Å². The Morgan fingerprint density at radius 2 is 2.12 bits per heavy atom. The fourth-order valence-electron chi connectivity index (χ4n) is 3.50. The van der Waals surface area contributed by atoms with Gasteiger partial charge in [-0.15, -0.1) is 0 Å². The number of halogens is 1. The molecule has 3 N–H and O–H groups in total. The summed E-state index contributed by atoms with van der Waals surface area (Å²) in [6, 6.07) is 4.12. The second kappa shape index (κ2) is 6.84. The number of rotatable bonds is 5. The number of carbonyl (C=O) groups excluding carboxylic acids is 1. The zero-order chi connectivity index (χ0) is 18.0. The SMILES string of the molecule is CCC1(n2cc(C(N)=O)cn2)CCN(Cc2cc(O)ccc2F)CC1. The number of benzene rings is 1. The lowest BCUT2D eigenvalue weighted by Crippen LogP contribution is -2.45. The van der Waals surface area contributed by atoms with Gasteiger partial charge >= 0.3 is 0 Å². The molecular weight excluding hydrogens is 323 g/mol. The Labute approximate surface area is 146 Å².